The Morgan fingerprint density at radius 2 is 2.21 bits per heavy atom. The largest absolute Gasteiger partial charge is 0.466 e. The minimum absolute atomic E-state index is 0.100. The monoisotopic (exact) mass is 349 g/mol. The zero-order valence-corrected chi connectivity index (χ0v) is 15.0. The lowest BCUT2D eigenvalue weighted by molar-refractivity contribution is 0.0579. The summed E-state index contributed by atoms with van der Waals surface area (Å²) in [4.78, 5) is 16.5. The van der Waals surface area contributed by atoms with Gasteiger partial charge in [0, 0.05) is 16.9 Å². The van der Waals surface area contributed by atoms with Crippen molar-refractivity contribution in [2.45, 2.75) is 51.7 Å². The molecule has 1 aliphatic carbocycles. The summed E-state index contributed by atoms with van der Waals surface area (Å²) >= 11 is 1.66. The highest BCUT2D eigenvalue weighted by Crippen LogP contribution is 2.41. The Morgan fingerprint density at radius 3 is 2.83 bits per heavy atom. The van der Waals surface area contributed by atoms with Crippen molar-refractivity contribution in [1.82, 2.24) is 15.6 Å². The van der Waals surface area contributed by atoms with E-state index in [-0.39, 0.29) is 12.6 Å². The van der Waals surface area contributed by atoms with Crippen LogP contribution in [0, 0.1) is 13.8 Å². The molecule has 0 bridgehead atoms. The van der Waals surface area contributed by atoms with E-state index < -0.39 is 5.60 Å². The van der Waals surface area contributed by atoms with Gasteiger partial charge in [0.2, 0.25) is 0 Å². The summed E-state index contributed by atoms with van der Waals surface area (Å²) in [5.41, 5.74) is 0.387. The summed E-state index contributed by atoms with van der Waals surface area (Å²) in [6, 6.07) is 1.47. The highest BCUT2D eigenvalue weighted by atomic mass is 32.1. The third-order valence-electron chi connectivity index (χ3n) is 4.14. The van der Waals surface area contributed by atoms with Gasteiger partial charge in [0.25, 0.3) is 0 Å². The van der Waals surface area contributed by atoms with Gasteiger partial charge in [-0.3, -0.25) is 0 Å². The van der Waals surface area contributed by atoms with Crippen molar-refractivity contribution in [1.29, 1.82) is 0 Å². The van der Waals surface area contributed by atoms with E-state index in [1.54, 1.807) is 31.3 Å². The Bertz CT molecular complexity index is 731. The molecule has 24 heavy (non-hydrogen) atoms. The van der Waals surface area contributed by atoms with Crippen molar-refractivity contribution in [2.24, 2.45) is 0 Å². The Morgan fingerprint density at radius 1 is 1.46 bits per heavy atom. The molecule has 2 heterocycles. The van der Waals surface area contributed by atoms with Gasteiger partial charge in [-0.1, -0.05) is 0 Å². The molecular weight excluding hydrogens is 326 g/mol. The summed E-state index contributed by atoms with van der Waals surface area (Å²) in [5, 5.41) is 19.2. The molecule has 2 aromatic heterocycles. The Balaban J connectivity index is 1.48. The lowest BCUT2D eigenvalue weighted by Gasteiger charge is -2.23. The Kier molecular flexibility index (Phi) is 4.64. The van der Waals surface area contributed by atoms with E-state index in [2.05, 4.69) is 15.6 Å². The van der Waals surface area contributed by atoms with Crippen LogP contribution in [0.1, 0.15) is 53.5 Å². The van der Waals surface area contributed by atoms with Gasteiger partial charge in [0.15, 0.2) is 0 Å². The molecule has 1 saturated carbocycles. The fourth-order valence-electron chi connectivity index (χ4n) is 2.67. The molecule has 6 nitrogen and oxygen atoms in total. The third kappa shape index (κ3) is 3.96. The second kappa shape index (κ2) is 6.57. The van der Waals surface area contributed by atoms with E-state index in [0.717, 1.165) is 11.5 Å². The first-order chi connectivity index (χ1) is 11.3. The topological polar surface area (TPSA) is 87.4 Å². The predicted octanol–water partition coefficient (Wildman–Crippen LogP) is 2.94. The van der Waals surface area contributed by atoms with Crippen LogP contribution in [0.2, 0.25) is 0 Å². The Hall–Kier alpha value is -1.86. The van der Waals surface area contributed by atoms with Gasteiger partial charge in [-0.15, -0.1) is 11.3 Å². The quantitative estimate of drug-likeness (QED) is 0.748. The van der Waals surface area contributed by atoms with Gasteiger partial charge in [-0.05, 0) is 39.7 Å². The van der Waals surface area contributed by atoms with Crippen molar-refractivity contribution < 1.29 is 14.3 Å². The van der Waals surface area contributed by atoms with E-state index in [1.807, 2.05) is 12.3 Å². The number of aromatic nitrogens is 1. The first-order valence-electron chi connectivity index (χ1n) is 8.11. The SMILES string of the molecule is Cc1cc(C(C)(O)CNC(=O)NCc2csc(C3CC3)n2)c(C)o1. The van der Waals surface area contributed by atoms with E-state index in [1.165, 1.54) is 17.8 Å². The molecule has 2 amide bonds. The maximum absolute atomic E-state index is 12.0. The van der Waals surface area contributed by atoms with E-state index >= 15 is 0 Å². The van der Waals surface area contributed by atoms with Gasteiger partial charge in [0.05, 0.1) is 23.8 Å². The smallest absolute Gasteiger partial charge is 0.315 e. The van der Waals surface area contributed by atoms with Gasteiger partial charge >= 0.3 is 6.03 Å². The van der Waals surface area contributed by atoms with E-state index in [9.17, 15) is 9.90 Å². The number of rotatable bonds is 6. The zero-order valence-electron chi connectivity index (χ0n) is 14.2. The number of carbonyl (C=O) groups excluding carboxylic acids is 1. The van der Waals surface area contributed by atoms with Crippen LogP contribution in [0.5, 0.6) is 0 Å². The molecule has 0 spiro atoms. The maximum Gasteiger partial charge on any atom is 0.315 e. The lowest BCUT2D eigenvalue weighted by atomic mass is 9.96. The number of aliphatic hydroxyl groups is 1. The van der Waals surface area contributed by atoms with Crippen LogP contribution < -0.4 is 10.6 Å². The van der Waals surface area contributed by atoms with E-state index in [0.29, 0.717) is 23.8 Å². The fourth-order valence-corrected chi connectivity index (χ4v) is 3.66. The molecule has 1 atom stereocenters. The van der Waals surface area contributed by atoms with Gasteiger partial charge in [-0.25, -0.2) is 9.78 Å². The summed E-state index contributed by atoms with van der Waals surface area (Å²) in [6.07, 6.45) is 2.45. The second-order valence-electron chi connectivity index (χ2n) is 6.59. The van der Waals surface area contributed by atoms with Gasteiger partial charge in [-0.2, -0.15) is 0 Å². The molecule has 7 heteroatoms. The summed E-state index contributed by atoms with van der Waals surface area (Å²) in [5.74, 6) is 2.03. The third-order valence-corrected chi connectivity index (χ3v) is 5.20. The number of hydrogen-bond donors (Lipinski definition) is 3. The second-order valence-corrected chi connectivity index (χ2v) is 7.48. The molecular formula is C17H23N3O3S. The maximum atomic E-state index is 12.0. The minimum Gasteiger partial charge on any atom is -0.466 e. The van der Waals surface area contributed by atoms with Gasteiger partial charge < -0.3 is 20.2 Å². The molecule has 0 aliphatic heterocycles. The number of thiazole rings is 1. The number of carbonyl (C=O) groups is 1. The van der Waals surface area contributed by atoms with Crippen molar-refractivity contribution in [3.8, 4) is 0 Å². The molecule has 0 aromatic carbocycles. The molecule has 1 aliphatic rings. The molecule has 3 N–H and O–H groups in total. The van der Waals surface area contributed by atoms with Crippen LogP contribution in [0.25, 0.3) is 0 Å². The van der Waals surface area contributed by atoms with Crippen molar-refractivity contribution >= 4 is 17.4 Å². The van der Waals surface area contributed by atoms with Crippen LogP contribution in [-0.2, 0) is 12.1 Å². The lowest BCUT2D eigenvalue weighted by Crippen LogP contribution is -2.43. The highest BCUT2D eigenvalue weighted by molar-refractivity contribution is 7.09. The van der Waals surface area contributed by atoms with Crippen LogP contribution in [0.4, 0.5) is 4.79 Å². The predicted molar refractivity (Wildman–Crippen MR) is 92.1 cm³/mol. The summed E-state index contributed by atoms with van der Waals surface area (Å²) in [7, 11) is 0. The van der Waals surface area contributed by atoms with Crippen molar-refractivity contribution in [2.75, 3.05) is 6.54 Å². The number of urea groups is 1. The molecule has 0 radical (unpaired) electrons. The average Bonchev–Trinajstić information content (AvgIpc) is 3.16. The summed E-state index contributed by atoms with van der Waals surface area (Å²) in [6.45, 7) is 5.78. The highest BCUT2D eigenvalue weighted by Gasteiger charge is 2.28. The van der Waals surface area contributed by atoms with Crippen LogP contribution in [0.3, 0.4) is 0 Å². The average molecular weight is 349 g/mol. The van der Waals surface area contributed by atoms with Crippen LogP contribution in [-0.4, -0.2) is 22.7 Å². The van der Waals surface area contributed by atoms with Gasteiger partial charge in [0.1, 0.15) is 17.1 Å². The normalized spacial score (nSPS) is 16.7. The number of furan rings is 1. The summed E-state index contributed by atoms with van der Waals surface area (Å²) < 4.78 is 5.44. The minimum atomic E-state index is -1.18. The van der Waals surface area contributed by atoms with E-state index in [4.69, 9.17) is 4.42 Å². The molecule has 3 rings (SSSR count). The number of amides is 2. The van der Waals surface area contributed by atoms with Crippen molar-refractivity contribution in [3.05, 3.63) is 39.2 Å². The van der Waals surface area contributed by atoms with Crippen LogP contribution in [0.15, 0.2) is 15.9 Å². The number of nitrogens with zero attached hydrogens (tertiary/aromatic N) is 1. The Labute approximate surface area is 145 Å². The molecule has 1 unspecified atom stereocenters. The fraction of sp³-hybridized carbons (Fsp3) is 0.529. The number of nitrogens with one attached hydrogen (secondary N) is 2. The first-order valence-corrected chi connectivity index (χ1v) is 8.99. The molecule has 130 valence electrons. The van der Waals surface area contributed by atoms with Crippen molar-refractivity contribution in [3.63, 3.8) is 0 Å². The number of hydrogen-bond acceptors (Lipinski definition) is 5. The first kappa shape index (κ1) is 17.0. The van der Waals surface area contributed by atoms with Crippen LogP contribution >= 0.6 is 11.3 Å². The molecule has 1 fully saturated rings. The number of aryl methyl sites for hydroxylation is 2. The zero-order chi connectivity index (χ0) is 17.3. The molecule has 2 aromatic rings. The standard InChI is InChI=1S/C17H23N3O3S/c1-10-6-14(11(2)23-10)17(3,22)9-19-16(21)18-7-13-8-24-15(20-13)12-4-5-12/h6,8,12,22H,4-5,7,9H2,1-3H3,(H2,18,19,21). The molecule has 0 saturated heterocycles.